The predicted molar refractivity (Wildman–Crippen MR) is 142 cm³/mol. The highest BCUT2D eigenvalue weighted by Crippen LogP contribution is 2.71. The summed E-state index contributed by atoms with van der Waals surface area (Å²) in [5.74, 6) is 4.36. The van der Waals surface area contributed by atoms with Gasteiger partial charge in [0.15, 0.2) is 6.23 Å². The molecule has 4 unspecified atom stereocenters. The second kappa shape index (κ2) is 9.31. The zero-order valence-electron chi connectivity index (χ0n) is 23.0. The number of nitrogens with two attached hydrogens (primary N) is 1. The van der Waals surface area contributed by atoms with Crippen LogP contribution in [-0.2, 0) is 5.60 Å². The van der Waals surface area contributed by atoms with E-state index < -0.39 is 5.60 Å². The Bertz CT molecular complexity index is 927. The fraction of sp³-hybridized carbons (Fsp3) is 0.871. The van der Waals surface area contributed by atoms with Crippen LogP contribution < -0.4 is 10.5 Å². The largest absolute Gasteiger partial charge is 0.446 e. The Balaban J connectivity index is 1.24. The quantitative estimate of drug-likeness (QED) is 0.482. The molecular weight excluding hydrogens is 448 g/mol. The zero-order valence-corrected chi connectivity index (χ0v) is 23.0. The molecule has 0 spiro atoms. The van der Waals surface area contributed by atoms with Crippen LogP contribution in [0, 0.1) is 40.4 Å². The van der Waals surface area contributed by atoms with Gasteiger partial charge in [-0.15, -0.1) is 0 Å². The summed E-state index contributed by atoms with van der Waals surface area (Å²) < 4.78 is 12.3. The highest BCUT2D eigenvalue weighted by atomic mass is 16.6. The minimum atomic E-state index is -0.873. The van der Waals surface area contributed by atoms with Gasteiger partial charge in [-0.05, 0) is 125 Å². The summed E-state index contributed by atoms with van der Waals surface area (Å²) in [6, 6.07) is 2.00. The Morgan fingerprint density at radius 2 is 1.83 bits per heavy atom. The first kappa shape index (κ1) is 25.2. The van der Waals surface area contributed by atoms with Crippen molar-refractivity contribution in [2.24, 2.45) is 46.2 Å². The van der Waals surface area contributed by atoms with Gasteiger partial charge in [-0.3, -0.25) is 4.90 Å². The van der Waals surface area contributed by atoms with Crippen LogP contribution in [0.1, 0.15) is 103 Å². The number of rotatable bonds is 6. The van der Waals surface area contributed by atoms with E-state index in [4.69, 9.17) is 14.9 Å². The van der Waals surface area contributed by atoms with Crippen LogP contribution in [0.15, 0.2) is 16.7 Å². The highest BCUT2D eigenvalue weighted by molar-refractivity contribution is 5.35. The third-order valence-electron chi connectivity index (χ3n) is 12.5. The molecule has 1 aromatic rings. The first-order chi connectivity index (χ1) is 17.3. The first-order valence-corrected chi connectivity index (χ1v) is 15.2. The van der Waals surface area contributed by atoms with E-state index in [2.05, 4.69) is 25.7 Å². The summed E-state index contributed by atoms with van der Waals surface area (Å²) in [7, 11) is 0. The predicted octanol–water partition coefficient (Wildman–Crippen LogP) is 6.30. The van der Waals surface area contributed by atoms with Crippen LogP contribution in [0.4, 0.5) is 0 Å². The molecule has 202 valence electrons. The lowest BCUT2D eigenvalue weighted by atomic mass is 9.43. The number of ether oxygens (including phenoxy) is 1. The van der Waals surface area contributed by atoms with Crippen LogP contribution in [0.3, 0.4) is 0 Å². The summed E-state index contributed by atoms with van der Waals surface area (Å²) in [5.41, 5.74) is 6.36. The number of furan rings is 1. The highest BCUT2D eigenvalue weighted by Gasteiger charge is 2.66. The average Bonchev–Trinajstić information content (AvgIpc) is 3.60. The molecule has 5 aliphatic rings. The number of hydrogen-bond acceptors (Lipinski definition) is 5. The van der Waals surface area contributed by atoms with Crippen molar-refractivity contribution in [1.29, 1.82) is 0 Å². The van der Waals surface area contributed by atoms with E-state index in [9.17, 15) is 5.11 Å². The lowest BCUT2D eigenvalue weighted by molar-refractivity contribution is -0.160. The molecule has 5 heteroatoms. The molecule has 0 amide bonds. The molecule has 2 heterocycles. The summed E-state index contributed by atoms with van der Waals surface area (Å²) in [6.07, 6.45) is 16.6. The average molecular weight is 499 g/mol. The topological polar surface area (TPSA) is 71.9 Å². The van der Waals surface area contributed by atoms with E-state index in [1.54, 1.807) is 6.26 Å². The maximum atomic E-state index is 12.5. The summed E-state index contributed by atoms with van der Waals surface area (Å²) >= 11 is 0. The van der Waals surface area contributed by atoms with E-state index in [-0.39, 0.29) is 11.6 Å². The van der Waals surface area contributed by atoms with Crippen molar-refractivity contribution >= 4 is 0 Å². The first-order valence-electron chi connectivity index (χ1n) is 15.2. The summed E-state index contributed by atoms with van der Waals surface area (Å²) in [4.78, 5) is 2.38. The number of hydrogen-bond donors (Lipinski definition) is 2. The molecule has 0 aromatic carbocycles. The van der Waals surface area contributed by atoms with Crippen LogP contribution >= 0.6 is 0 Å². The fourth-order valence-corrected chi connectivity index (χ4v) is 10.5. The van der Waals surface area contributed by atoms with E-state index in [0.29, 0.717) is 17.3 Å². The molecule has 4 aliphatic carbocycles. The molecule has 3 N–H and O–H groups in total. The van der Waals surface area contributed by atoms with E-state index >= 15 is 0 Å². The Hall–Kier alpha value is -1.04. The van der Waals surface area contributed by atoms with Crippen LogP contribution in [0.25, 0.3) is 0 Å². The summed E-state index contributed by atoms with van der Waals surface area (Å²) in [6.45, 7) is 10.1. The molecule has 6 rings (SSSR count). The lowest BCUT2D eigenvalue weighted by Crippen LogP contribution is -2.56. The summed E-state index contributed by atoms with van der Waals surface area (Å²) in [5, 5.41) is 12.5. The van der Waals surface area contributed by atoms with Gasteiger partial charge in [0.05, 0.1) is 11.8 Å². The normalized spacial score (nSPS) is 45.6. The van der Waals surface area contributed by atoms with Gasteiger partial charge in [-0.2, -0.15) is 0 Å². The van der Waals surface area contributed by atoms with Gasteiger partial charge in [-0.1, -0.05) is 20.3 Å². The van der Waals surface area contributed by atoms with E-state index in [1.165, 1.54) is 57.8 Å². The van der Waals surface area contributed by atoms with Crippen molar-refractivity contribution in [3.05, 3.63) is 17.9 Å². The maximum Gasteiger partial charge on any atom is 0.292 e. The van der Waals surface area contributed by atoms with E-state index in [0.717, 1.165) is 68.1 Å². The lowest BCUT2D eigenvalue weighted by Gasteiger charge is -2.62. The smallest absolute Gasteiger partial charge is 0.292 e. The minimum Gasteiger partial charge on any atom is -0.446 e. The molecule has 9 atom stereocenters. The standard InChI is InChI=1S/C31H50N2O3/c1-21(33-17-4-5-18-33)36-28-27(13-19-35-28)31(34)15-11-26-24-9-8-23-7-6-22(12-16-32)20-29(23,2)25(24)10-14-30(26,31)3/h13,19,21-26,34H,4-12,14-18,20,32H2,1-3H3/t21?,22?,23?,24-,25-,26+,29+,30+,31?/m1/s1. The Labute approximate surface area is 218 Å². The van der Waals surface area contributed by atoms with Crippen molar-refractivity contribution < 1.29 is 14.3 Å². The third-order valence-corrected chi connectivity index (χ3v) is 12.5. The Morgan fingerprint density at radius 1 is 1.08 bits per heavy atom. The Kier molecular flexibility index (Phi) is 6.53. The van der Waals surface area contributed by atoms with Gasteiger partial charge in [0, 0.05) is 18.5 Å². The zero-order chi connectivity index (χ0) is 25.1. The second-order valence-electron chi connectivity index (χ2n) is 13.8. The van der Waals surface area contributed by atoms with Crippen molar-refractivity contribution in [1.82, 2.24) is 4.90 Å². The number of aliphatic hydroxyl groups is 1. The van der Waals surface area contributed by atoms with Gasteiger partial charge >= 0.3 is 0 Å². The third kappa shape index (κ3) is 3.73. The van der Waals surface area contributed by atoms with Crippen molar-refractivity contribution in [2.75, 3.05) is 19.6 Å². The molecule has 0 radical (unpaired) electrons. The molecule has 4 saturated carbocycles. The fourth-order valence-electron chi connectivity index (χ4n) is 10.5. The minimum absolute atomic E-state index is 0.0234. The molecule has 1 aliphatic heterocycles. The molecule has 5 fully saturated rings. The van der Waals surface area contributed by atoms with Crippen LogP contribution in [-0.4, -0.2) is 35.9 Å². The van der Waals surface area contributed by atoms with Gasteiger partial charge in [0.1, 0.15) is 5.60 Å². The number of fused-ring (bicyclic) bond motifs is 5. The molecule has 36 heavy (non-hydrogen) atoms. The number of nitrogens with zero attached hydrogens (tertiary/aromatic N) is 1. The van der Waals surface area contributed by atoms with Gasteiger partial charge in [0.25, 0.3) is 5.95 Å². The molecule has 0 bridgehead atoms. The van der Waals surface area contributed by atoms with E-state index in [1.807, 2.05) is 6.07 Å². The molecule has 1 saturated heterocycles. The second-order valence-corrected chi connectivity index (χ2v) is 13.8. The molecular formula is C31H50N2O3. The van der Waals surface area contributed by atoms with Crippen molar-refractivity contribution in [3.8, 4) is 5.95 Å². The Morgan fingerprint density at radius 3 is 2.61 bits per heavy atom. The SMILES string of the molecule is CC(Oc1occc1C1(O)CC[C@H]2[C@@H]3CCC4CCC(CCN)C[C@]4(C)[C@@H]3CC[C@@]21C)N1CCCC1. The van der Waals surface area contributed by atoms with Crippen LogP contribution in [0.5, 0.6) is 5.95 Å². The van der Waals surface area contributed by atoms with Gasteiger partial charge < -0.3 is 20.0 Å². The monoisotopic (exact) mass is 498 g/mol. The van der Waals surface area contributed by atoms with Crippen molar-refractivity contribution in [3.63, 3.8) is 0 Å². The van der Waals surface area contributed by atoms with Gasteiger partial charge in [-0.25, -0.2) is 0 Å². The maximum absolute atomic E-state index is 12.5. The molecule has 1 aromatic heterocycles. The van der Waals surface area contributed by atoms with Crippen molar-refractivity contribution in [2.45, 2.75) is 110 Å². The molecule has 5 nitrogen and oxygen atoms in total. The number of likely N-dealkylation sites (tertiary alicyclic amines) is 1. The van der Waals surface area contributed by atoms with Gasteiger partial charge in [0.2, 0.25) is 0 Å². The van der Waals surface area contributed by atoms with Crippen LogP contribution in [0.2, 0.25) is 0 Å².